The van der Waals surface area contributed by atoms with E-state index in [0.717, 1.165) is 19.3 Å². The summed E-state index contributed by atoms with van der Waals surface area (Å²) in [6.45, 7) is 10.5. The lowest BCUT2D eigenvalue weighted by Gasteiger charge is -2.32. The normalized spacial score (nSPS) is 20.6. The summed E-state index contributed by atoms with van der Waals surface area (Å²) in [7, 11) is -0.243. The van der Waals surface area contributed by atoms with E-state index in [-0.39, 0.29) is 24.3 Å². The second kappa shape index (κ2) is 6.75. The van der Waals surface area contributed by atoms with Gasteiger partial charge in [-0.1, -0.05) is 12.8 Å². The molecule has 0 spiro atoms. The van der Waals surface area contributed by atoms with Gasteiger partial charge in [0.05, 0.1) is 17.8 Å². The fourth-order valence-electron chi connectivity index (χ4n) is 1.89. The summed E-state index contributed by atoms with van der Waals surface area (Å²) in [6, 6.07) is 0. The van der Waals surface area contributed by atoms with E-state index in [0.29, 0.717) is 13.0 Å². The van der Waals surface area contributed by atoms with Gasteiger partial charge in [-0.3, -0.25) is 4.79 Å². The van der Waals surface area contributed by atoms with Crippen LogP contribution in [0.5, 0.6) is 0 Å². The number of hydrogen-bond acceptors (Lipinski definition) is 4. The lowest BCUT2D eigenvalue weighted by molar-refractivity contribution is -0.143. The molecule has 0 aromatic rings. The molecule has 1 saturated heterocycles. The maximum Gasteiger partial charge on any atom is 0.460 e. The van der Waals surface area contributed by atoms with Gasteiger partial charge in [-0.05, 0) is 47.4 Å². The third kappa shape index (κ3) is 4.81. The largest absolute Gasteiger partial charge is 0.466 e. The fourth-order valence-corrected chi connectivity index (χ4v) is 1.89. The maximum atomic E-state index is 11.2. The standard InChI is InChI=1S/C14H26BO4/c1-6-17-12(16)10-8-7-9-11-15-18-13(2,3)14(4,5)19-15/h11H,6-10H2,1-5H3. The highest BCUT2D eigenvalue weighted by molar-refractivity contribution is 6.49. The Bertz CT molecular complexity index is 286. The van der Waals surface area contributed by atoms with Gasteiger partial charge in [-0.15, -0.1) is 0 Å². The minimum atomic E-state index is -0.279. The molecule has 0 aromatic heterocycles. The average molecular weight is 269 g/mol. The van der Waals surface area contributed by atoms with Crippen molar-refractivity contribution in [3.63, 3.8) is 0 Å². The van der Waals surface area contributed by atoms with Crippen LogP contribution in [0.2, 0.25) is 0 Å². The number of unbranched alkanes of at least 4 members (excludes halogenated alkanes) is 2. The molecule has 0 aromatic carbocycles. The first-order valence-electron chi connectivity index (χ1n) is 7.13. The number of esters is 1. The van der Waals surface area contributed by atoms with Gasteiger partial charge in [-0.2, -0.15) is 0 Å². The molecule has 0 saturated carbocycles. The number of carbonyl (C=O) groups excluding carboxylic acids is 1. The molecule has 1 fully saturated rings. The van der Waals surface area contributed by atoms with E-state index in [9.17, 15) is 4.79 Å². The first-order chi connectivity index (χ1) is 8.78. The van der Waals surface area contributed by atoms with Crippen molar-refractivity contribution in [1.82, 2.24) is 0 Å². The third-order valence-electron chi connectivity index (χ3n) is 3.77. The summed E-state index contributed by atoms with van der Waals surface area (Å²) in [5, 5.41) is 0. The third-order valence-corrected chi connectivity index (χ3v) is 3.77. The monoisotopic (exact) mass is 269 g/mol. The Balaban J connectivity index is 2.13. The van der Waals surface area contributed by atoms with Crippen LogP contribution < -0.4 is 0 Å². The Morgan fingerprint density at radius 2 is 1.74 bits per heavy atom. The van der Waals surface area contributed by atoms with Gasteiger partial charge in [-0.25, -0.2) is 0 Å². The Morgan fingerprint density at radius 3 is 2.26 bits per heavy atom. The zero-order valence-corrected chi connectivity index (χ0v) is 12.8. The van der Waals surface area contributed by atoms with Gasteiger partial charge in [0.2, 0.25) is 0 Å². The molecule has 0 atom stereocenters. The predicted octanol–water partition coefficient (Wildman–Crippen LogP) is 2.95. The van der Waals surface area contributed by atoms with Crippen LogP contribution in [0.3, 0.4) is 0 Å². The van der Waals surface area contributed by atoms with Crippen LogP contribution in [0.4, 0.5) is 0 Å². The second-order valence-electron chi connectivity index (χ2n) is 5.91. The van der Waals surface area contributed by atoms with Crippen LogP contribution in [0.25, 0.3) is 0 Å². The van der Waals surface area contributed by atoms with E-state index in [1.807, 2.05) is 40.9 Å². The molecule has 0 bridgehead atoms. The zero-order valence-electron chi connectivity index (χ0n) is 12.8. The predicted molar refractivity (Wildman–Crippen MR) is 75.5 cm³/mol. The first kappa shape index (κ1) is 16.5. The summed E-state index contributed by atoms with van der Waals surface area (Å²) in [5.41, 5.74) is -0.557. The fraction of sp³-hybridized carbons (Fsp3) is 0.857. The van der Waals surface area contributed by atoms with E-state index in [4.69, 9.17) is 14.0 Å². The molecule has 0 N–H and O–H groups in total. The highest BCUT2D eigenvalue weighted by atomic mass is 16.7. The maximum absolute atomic E-state index is 11.2. The van der Waals surface area contributed by atoms with Gasteiger partial charge in [0, 0.05) is 6.42 Å². The number of rotatable bonds is 7. The van der Waals surface area contributed by atoms with Crippen molar-refractivity contribution in [1.29, 1.82) is 0 Å². The van der Waals surface area contributed by atoms with Crippen LogP contribution in [-0.4, -0.2) is 30.9 Å². The number of hydrogen-bond donors (Lipinski definition) is 0. The highest BCUT2D eigenvalue weighted by Gasteiger charge is 2.50. The molecule has 0 amide bonds. The van der Waals surface area contributed by atoms with Crippen molar-refractivity contribution in [2.75, 3.05) is 6.61 Å². The first-order valence-corrected chi connectivity index (χ1v) is 7.13. The van der Waals surface area contributed by atoms with Crippen molar-refractivity contribution >= 4 is 13.1 Å². The molecule has 0 unspecified atom stereocenters. The quantitative estimate of drug-likeness (QED) is 0.405. The molecular formula is C14H26BO4. The van der Waals surface area contributed by atoms with E-state index in [1.165, 1.54) is 0 Å². The van der Waals surface area contributed by atoms with Crippen LogP contribution in [-0.2, 0) is 18.8 Å². The summed E-state index contributed by atoms with van der Waals surface area (Å²) in [5.74, 6) is -0.113. The summed E-state index contributed by atoms with van der Waals surface area (Å²) in [4.78, 5) is 11.2. The summed E-state index contributed by atoms with van der Waals surface area (Å²) < 4.78 is 16.6. The van der Waals surface area contributed by atoms with Gasteiger partial charge in [0.25, 0.3) is 0 Å². The van der Waals surface area contributed by atoms with Crippen molar-refractivity contribution < 1.29 is 18.8 Å². The molecule has 0 aliphatic carbocycles. The molecule has 109 valence electrons. The minimum absolute atomic E-state index is 0.113. The lowest BCUT2D eigenvalue weighted by Crippen LogP contribution is -2.41. The Kier molecular flexibility index (Phi) is 5.87. The number of ether oxygens (including phenoxy) is 1. The topological polar surface area (TPSA) is 44.8 Å². The summed E-state index contributed by atoms with van der Waals surface area (Å²) >= 11 is 0. The van der Waals surface area contributed by atoms with Crippen molar-refractivity contribution in [3.8, 4) is 0 Å². The molecule has 5 heteroatoms. The molecule has 1 heterocycles. The van der Waals surface area contributed by atoms with E-state index in [1.54, 1.807) is 0 Å². The minimum Gasteiger partial charge on any atom is -0.466 e. The molecule has 1 radical (unpaired) electrons. The molecule has 1 rings (SSSR count). The van der Waals surface area contributed by atoms with Crippen molar-refractivity contribution in [3.05, 3.63) is 6.32 Å². The molecule has 1 aliphatic rings. The Labute approximate surface area is 117 Å². The molecule has 1 aliphatic heterocycles. The van der Waals surface area contributed by atoms with E-state index in [2.05, 4.69) is 0 Å². The summed E-state index contributed by atoms with van der Waals surface area (Å²) in [6.07, 6.45) is 5.21. The highest BCUT2D eigenvalue weighted by Crippen LogP contribution is 2.37. The molecule has 19 heavy (non-hydrogen) atoms. The van der Waals surface area contributed by atoms with Gasteiger partial charge < -0.3 is 14.0 Å². The number of carbonyl (C=O) groups is 1. The SMILES string of the molecule is CCOC(=O)CCCC[CH]B1OC(C)(C)C(C)(C)O1. The van der Waals surface area contributed by atoms with Crippen LogP contribution in [0.15, 0.2) is 0 Å². The molecule has 4 nitrogen and oxygen atoms in total. The van der Waals surface area contributed by atoms with Crippen molar-refractivity contribution in [2.24, 2.45) is 0 Å². The van der Waals surface area contributed by atoms with E-state index >= 15 is 0 Å². The van der Waals surface area contributed by atoms with Crippen LogP contribution in [0, 0.1) is 6.32 Å². The van der Waals surface area contributed by atoms with Gasteiger partial charge in [0.1, 0.15) is 0 Å². The average Bonchev–Trinajstić information content (AvgIpc) is 2.47. The zero-order chi connectivity index (χ0) is 14.5. The van der Waals surface area contributed by atoms with Gasteiger partial charge in [0.15, 0.2) is 0 Å². The molecular weight excluding hydrogens is 243 g/mol. The van der Waals surface area contributed by atoms with E-state index < -0.39 is 0 Å². The van der Waals surface area contributed by atoms with Crippen LogP contribution in [0.1, 0.15) is 60.3 Å². The smallest absolute Gasteiger partial charge is 0.460 e. The lowest BCUT2D eigenvalue weighted by atomic mass is 9.82. The second-order valence-corrected chi connectivity index (χ2v) is 5.91. The Morgan fingerprint density at radius 1 is 1.16 bits per heavy atom. The van der Waals surface area contributed by atoms with Gasteiger partial charge >= 0.3 is 13.1 Å². The van der Waals surface area contributed by atoms with Crippen molar-refractivity contribution in [2.45, 2.75) is 71.5 Å². The Hall–Kier alpha value is -0.545. The van der Waals surface area contributed by atoms with Crippen LogP contribution >= 0.6 is 0 Å².